The predicted molar refractivity (Wildman–Crippen MR) is 137 cm³/mol. The molecule has 1 aliphatic rings. The van der Waals surface area contributed by atoms with Crippen molar-refractivity contribution in [1.29, 1.82) is 5.41 Å². The number of aryl methyl sites for hydroxylation is 1. The van der Waals surface area contributed by atoms with Crippen molar-refractivity contribution in [1.82, 2.24) is 30.2 Å². The fraction of sp³-hybridized carbons (Fsp3) is 0.480. The average Bonchev–Trinajstić information content (AvgIpc) is 3.73. The molecule has 9 nitrogen and oxygen atoms in total. The monoisotopic (exact) mass is 536 g/mol. The van der Waals surface area contributed by atoms with Crippen LogP contribution in [0.25, 0.3) is 11.4 Å². The highest BCUT2D eigenvalue weighted by Crippen LogP contribution is 2.45. The van der Waals surface area contributed by atoms with E-state index in [-0.39, 0.29) is 28.9 Å². The van der Waals surface area contributed by atoms with Crippen molar-refractivity contribution in [2.24, 2.45) is 0 Å². The van der Waals surface area contributed by atoms with E-state index in [9.17, 15) is 17.6 Å². The summed E-state index contributed by atoms with van der Waals surface area (Å²) < 4.78 is 59.9. The second kappa shape index (κ2) is 12.2. The van der Waals surface area contributed by atoms with Crippen molar-refractivity contribution in [3.05, 3.63) is 47.1 Å². The number of aromatic nitrogens is 4. The molecule has 0 saturated heterocycles. The highest BCUT2D eigenvalue weighted by atomic mass is 19.4. The van der Waals surface area contributed by atoms with E-state index in [4.69, 9.17) is 10.1 Å². The van der Waals surface area contributed by atoms with Gasteiger partial charge in [0.2, 0.25) is 5.88 Å². The molecular formula is C25H32F4N8O. The largest absolute Gasteiger partial charge is 0.480 e. The standard InChI is InChI=1S/C25H32F4N8O/c1-6-7-19(37(14(2)10-26)13-18(31-4)25(27,28)29)35-22-17(11-30)12-32-23(36-22)20-21(16-8-9-16)33-15(3)34-24(20)38-5/h7,11-14,16,30-31H,6,8-10H2,1-5H3,(H,32,35,36)/b18-13-,19-7-,30-11?. The summed E-state index contributed by atoms with van der Waals surface area (Å²) in [7, 11) is 2.63. The number of alkyl halides is 4. The third-order valence-corrected chi connectivity index (χ3v) is 5.83. The van der Waals surface area contributed by atoms with E-state index in [1.165, 1.54) is 20.2 Å². The number of anilines is 1. The van der Waals surface area contributed by atoms with Gasteiger partial charge in [0.25, 0.3) is 0 Å². The van der Waals surface area contributed by atoms with Crippen LogP contribution >= 0.6 is 0 Å². The topological polar surface area (TPSA) is 112 Å². The van der Waals surface area contributed by atoms with E-state index >= 15 is 0 Å². The van der Waals surface area contributed by atoms with E-state index in [1.54, 1.807) is 19.9 Å². The fourth-order valence-corrected chi connectivity index (χ4v) is 3.76. The molecule has 0 bridgehead atoms. The quantitative estimate of drug-likeness (QED) is 0.255. The second-order valence-electron chi connectivity index (χ2n) is 8.78. The molecule has 3 N–H and O–H groups in total. The molecule has 0 amide bonds. The minimum absolute atomic E-state index is 0.150. The van der Waals surface area contributed by atoms with E-state index in [2.05, 4.69) is 30.6 Å². The zero-order valence-corrected chi connectivity index (χ0v) is 21.9. The lowest BCUT2D eigenvalue weighted by atomic mass is 10.1. The minimum atomic E-state index is -4.68. The van der Waals surface area contributed by atoms with Crippen LogP contribution in [0.4, 0.5) is 23.4 Å². The van der Waals surface area contributed by atoms with Crippen LogP contribution in [0.2, 0.25) is 0 Å². The summed E-state index contributed by atoms with van der Waals surface area (Å²) in [4.78, 5) is 19.1. The molecular weight excluding hydrogens is 504 g/mol. The van der Waals surface area contributed by atoms with Crippen LogP contribution < -0.4 is 15.4 Å². The number of nitrogens with zero attached hydrogens (tertiary/aromatic N) is 5. The Labute approximate surface area is 219 Å². The van der Waals surface area contributed by atoms with Gasteiger partial charge in [-0.1, -0.05) is 6.92 Å². The Morgan fingerprint density at radius 2 is 2.00 bits per heavy atom. The molecule has 1 unspecified atom stereocenters. The summed E-state index contributed by atoms with van der Waals surface area (Å²) in [5, 5.41) is 13.0. The van der Waals surface area contributed by atoms with Gasteiger partial charge in [-0.05, 0) is 39.2 Å². The molecule has 2 aromatic rings. The van der Waals surface area contributed by atoms with Crippen molar-refractivity contribution in [3.8, 4) is 17.3 Å². The van der Waals surface area contributed by atoms with Crippen LogP contribution in [0, 0.1) is 12.3 Å². The normalized spacial score (nSPS) is 15.2. The maximum absolute atomic E-state index is 13.8. The van der Waals surface area contributed by atoms with E-state index in [0.717, 1.165) is 42.9 Å². The molecule has 38 heavy (non-hydrogen) atoms. The van der Waals surface area contributed by atoms with E-state index < -0.39 is 24.6 Å². The number of rotatable bonds is 12. The molecule has 1 saturated carbocycles. The Kier molecular flexibility index (Phi) is 9.23. The van der Waals surface area contributed by atoms with Gasteiger partial charge in [0.1, 0.15) is 35.4 Å². The number of ether oxygens (including phenoxy) is 1. The molecule has 1 aliphatic carbocycles. The number of allylic oxidation sites excluding steroid dienone is 2. The van der Waals surface area contributed by atoms with Crippen LogP contribution in [-0.4, -0.2) is 64.1 Å². The molecule has 2 heterocycles. The smallest absolute Gasteiger partial charge is 0.432 e. The third-order valence-electron chi connectivity index (χ3n) is 5.83. The highest BCUT2D eigenvalue weighted by Gasteiger charge is 2.35. The Morgan fingerprint density at radius 3 is 2.53 bits per heavy atom. The number of methoxy groups -OCH3 is 1. The number of halogens is 4. The van der Waals surface area contributed by atoms with Crippen molar-refractivity contribution in [2.45, 2.75) is 58.2 Å². The molecule has 1 atom stereocenters. The Bertz CT molecular complexity index is 1210. The number of nitrogens with one attached hydrogen (secondary N) is 3. The average molecular weight is 537 g/mol. The van der Waals surface area contributed by atoms with Gasteiger partial charge < -0.3 is 25.7 Å². The maximum Gasteiger partial charge on any atom is 0.432 e. The van der Waals surface area contributed by atoms with Crippen molar-refractivity contribution in [3.63, 3.8) is 0 Å². The number of hydrogen-bond acceptors (Lipinski definition) is 9. The first-order valence-corrected chi connectivity index (χ1v) is 12.2. The lowest BCUT2D eigenvalue weighted by Crippen LogP contribution is -2.36. The molecule has 3 rings (SSSR count). The van der Waals surface area contributed by atoms with Crippen LogP contribution in [0.15, 0.2) is 30.0 Å². The summed E-state index contributed by atoms with van der Waals surface area (Å²) in [5.41, 5.74) is 0.501. The second-order valence-corrected chi connectivity index (χ2v) is 8.78. The predicted octanol–water partition coefficient (Wildman–Crippen LogP) is 5.07. The van der Waals surface area contributed by atoms with Crippen LogP contribution in [-0.2, 0) is 0 Å². The summed E-state index contributed by atoms with van der Waals surface area (Å²) >= 11 is 0. The summed E-state index contributed by atoms with van der Waals surface area (Å²) in [6, 6.07) is -0.942. The van der Waals surface area contributed by atoms with Gasteiger partial charge in [0.15, 0.2) is 5.82 Å². The van der Waals surface area contributed by atoms with Crippen LogP contribution in [0.5, 0.6) is 5.88 Å². The molecule has 13 heteroatoms. The Hall–Kier alpha value is -3.77. The van der Waals surface area contributed by atoms with Gasteiger partial charge in [0.05, 0.1) is 24.4 Å². The number of hydrogen-bond donors (Lipinski definition) is 3. The molecule has 0 aliphatic heterocycles. The molecule has 1 fully saturated rings. The van der Waals surface area contributed by atoms with Crippen LogP contribution in [0.1, 0.15) is 56.1 Å². The zero-order chi connectivity index (χ0) is 28.0. The lowest BCUT2D eigenvalue weighted by Gasteiger charge is -2.30. The van der Waals surface area contributed by atoms with Gasteiger partial charge in [-0.15, -0.1) is 0 Å². The van der Waals surface area contributed by atoms with Gasteiger partial charge in [-0.3, -0.25) is 0 Å². The summed E-state index contributed by atoms with van der Waals surface area (Å²) in [6.07, 6.45) is 2.53. The minimum Gasteiger partial charge on any atom is -0.480 e. The summed E-state index contributed by atoms with van der Waals surface area (Å²) in [5.74, 6) is 1.61. The lowest BCUT2D eigenvalue weighted by molar-refractivity contribution is -0.0972. The van der Waals surface area contributed by atoms with E-state index in [0.29, 0.717) is 23.7 Å². The molecule has 0 spiro atoms. The van der Waals surface area contributed by atoms with Gasteiger partial charge in [-0.2, -0.15) is 18.2 Å². The van der Waals surface area contributed by atoms with Gasteiger partial charge in [-0.25, -0.2) is 19.3 Å². The van der Waals surface area contributed by atoms with E-state index in [1.807, 2.05) is 0 Å². The molecule has 206 valence electrons. The summed E-state index contributed by atoms with van der Waals surface area (Å²) in [6.45, 7) is 4.11. The molecule has 0 aromatic carbocycles. The fourth-order valence-electron chi connectivity index (χ4n) is 3.76. The van der Waals surface area contributed by atoms with Gasteiger partial charge >= 0.3 is 6.18 Å². The van der Waals surface area contributed by atoms with Gasteiger partial charge in [0, 0.05) is 31.6 Å². The van der Waals surface area contributed by atoms with Crippen molar-refractivity contribution >= 4 is 12.0 Å². The Balaban J connectivity index is 2.14. The highest BCUT2D eigenvalue weighted by molar-refractivity contribution is 5.85. The molecule has 0 radical (unpaired) electrons. The van der Waals surface area contributed by atoms with Crippen molar-refractivity contribution < 1.29 is 22.3 Å². The Morgan fingerprint density at radius 1 is 1.29 bits per heavy atom. The SMILES string of the molecule is CC/C=C(/Nc1nc(-c2c(OC)nc(C)nc2C2CC2)ncc1C=N)N(/C=C(\NC)C(F)(F)F)C(C)CF. The maximum atomic E-state index is 13.8. The zero-order valence-electron chi connectivity index (χ0n) is 21.9. The first kappa shape index (κ1) is 28.8. The first-order chi connectivity index (χ1) is 18.1. The third kappa shape index (κ3) is 6.56. The van der Waals surface area contributed by atoms with Crippen molar-refractivity contribution in [2.75, 3.05) is 26.1 Å². The molecule has 2 aromatic heterocycles. The first-order valence-electron chi connectivity index (χ1n) is 12.2. The van der Waals surface area contributed by atoms with Crippen LogP contribution in [0.3, 0.4) is 0 Å².